The molecule has 0 bridgehead atoms. The Balaban J connectivity index is 0.00000225. The molecule has 0 radical (unpaired) electrons. The van der Waals surface area contributed by atoms with Gasteiger partial charge in [-0.2, -0.15) is 0 Å². The molecule has 1 saturated heterocycles. The number of nitrogens with one attached hydrogen (secondary N) is 1. The van der Waals surface area contributed by atoms with E-state index in [9.17, 15) is 0 Å². The maximum absolute atomic E-state index is 4.46. The molecule has 1 N–H and O–H groups in total. The van der Waals surface area contributed by atoms with Crippen LogP contribution in [0.5, 0.6) is 0 Å². The molecule has 1 aromatic heterocycles. The number of hydrogen-bond acceptors (Lipinski definition) is 2. The van der Waals surface area contributed by atoms with Crippen LogP contribution in [0.1, 0.15) is 30.5 Å². The fourth-order valence-electron chi connectivity index (χ4n) is 3.54. The molecule has 2 aromatic rings. The van der Waals surface area contributed by atoms with Crippen LogP contribution in [0, 0.1) is 5.92 Å². The summed E-state index contributed by atoms with van der Waals surface area (Å²) in [6.07, 6.45) is 2.99. The van der Waals surface area contributed by atoms with Gasteiger partial charge in [0.2, 0.25) is 0 Å². The summed E-state index contributed by atoms with van der Waals surface area (Å²) in [5.74, 6) is 2.21. The molecule has 3 rings (SSSR count). The van der Waals surface area contributed by atoms with E-state index < -0.39 is 0 Å². The Morgan fingerprint density at radius 2 is 1.96 bits per heavy atom. The van der Waals surface area contributed by atoms with Gasteiger partial charge in [0, 0.05) is 26.3 Å². The molecule has 5 heteroatoms. The monoisotopic (exact) mass is 450 g/mol. The average Bonchev–Trinajstić information content (AvgIpc) is 2.64. The summed E-state index contributed by atoms with van der Waals surface area (Å²) in [5.41, 5.74) is 2.49. The molecular formula is C20H27IN4. The third-order valence-corrected chi connectivity index (χ3v) is 4.80. The summed E-state index contributed by atoms with van der Waals surface area (Å²) < 4.78 is 0. The van der Waals surface area contributed by atoms with E-state index in [1.165, 1.54) is 5.56 Å². The quantitative estimate of drug-likeness (QED) is 0.438. The fourth-order valence-corrected chi connectivity index (χ4v) is 3.54. The second-order valence-corrected chi connectivity index (χ2v) is 6.45. The summed E-state index contributed by atoms with van der Waals surface area (Å²) >= 11 is 0. The van der Waals surface area contributed by atoms with Crippen LogP contribution >= 0.6 is 24.0 Å². The van der Waals surface area contributed by atoms with Gasteiger partial charge in [0.25, 0.3) is 0 Å². The van der Waals surface area contributed by atoms with Gasteiger partial charge in [-0.25, -0.2) is 0 Å². The Morgan fingerprint density at radius 3 is 2.60 bits per heavy atom. The van der Waals surface area contributed by atoms with E-state index in [0.29, 0.717) is 18.4 Å². The van der Waals surface area contributed by atoms with Crippen molar-refractivity contribution in [1.29, 1.82) is 0 Å². The van der Waals surface area contributed by atoms with Crippen molar-refractivity contribution >= 4 is 29.9 Å². The van der Waals surface area contributed by atoms with Crippen molar-refractivity contribution in [3.8, 4) is 0 Å². The van der Waals surface area contributed by atoms with Crippen molar-refractivity contribution in [3.63, 3.8) is 0 Å². The number of nitrogens with zero attached hydrogens (tertiary/aromatic N) is 3. The highest BCUT2D eigenvalue weighted by atomic mass is 127. The highest BCUT2D eigenvalue weighted by Crippen LogP contribution is 2.32. The van der Waals surface area contributed by atoms with Gasteiger partial charge in [-0.3, -0.25) is 9.98 Å². The molecule has 2 unspecified atom stereocenters. The zero-order valence-electron chi connectivity index (χ0n) is 14.9. The zero-order chi connectivity index (χ0) is 16.8. The molecular weight excluding hydrogens is 423 g/mol. The Bertz CT molecular complexity index is 660. The lowest BCUT2D eigenvalue weighted by atomic mass is 9.82. The number of rotatable bonds is 3. The smallest absolute Gasteiger partial charge is 0.193 e. The first-order valence-electron chi connectivity index (χ1n) is 8.68. The van der Waals surface area contributed by atoms with Crippen LogP contribution in [0.2, 0.25) is 0 Å². The van der Waals surface area contributed by atoms with Gasteiger partial charge in [-0.1, -0.05) is 43.3 Å². The summed E-state index contributed by atoms with van der Waals surface area (Å²) in [4.78, 5) is 11.2. The Labute approximate surface area is 167 Å². The van der Waals surface area contributed by atoms with Crippen molar-refractivity contribution in [1.82, 2.24) is 15.2 Å². The van der Waals surface area contributed by atoms with Crippen molar-refractivity contribution < 1.29 is 0 Å². The maximum Gasteiger partial charge on any atom is 0.193 e. The molecule has 4 nitrogen and oxygen atoms in total. The summed E-state index contributed by atoms with van der Waals surface area (Å²) in [5, 5.41) is 3.44. The van der Waals surface area contributed by atoms with Gasteiger partial charge in [-0.05, 0) is 36.0 Å². The molecule has 25 heavy (non-hydrogen) atoms. The Morgan fingerprint density at radius 1 is 1.20 bits per heavy atom. The molecule has 1 aliphatic heterocycles. The lowest BCUT2D eigenvalue weighted by Crippen LogP contribution is -2.47. The third-order valence-electron chi connectivity index (χ3n) is 4.80. The first kappa shape index (κ1) is 19.7. The van der Waals surface area contributed by atoms with Gasteiger partial charge < -0.3 is 10.2 Å². The van der Waals surface area contributed by atoms with Crippen LogP contribution in [0.3, 0.4) is 0 Å². The second kappa shape index (κ2) is 9.75. The second-order valence-electron chi connectivity index (χ2n) is 6.45. The number of aromatic nitrogens is 1. The minimum absolute atomic E-state index is 0. The molecule has 1 aliphatic rings. The van der Waals surface area contributed by atoms with Crippen LogP contribution in [0.4, 0.5) is 0 Å². The largest absolute Gasteiger partial charge is 0.351 e. The van der Waals surface area contributed by atoms with Crippen LogP contribution in [0.25, 0.3) is 0 Å². The van der Waals surface area contributed by atoms with Crippen molar-refractivity contribution in [3.05, 3.63) is 66.0 Å². The summed E-state index contributed by atoms with van der Waals surface area (Å²) in [7, 11) is 1.86. The molecule has 2 heterocycles. The lowest BCUT2D eigenvalue weighted by molar-refractivity contribution is 0.234. The van der Waals surface area contributed by atoms with E-state index in [4.69, 9.17) is 0 Å². The predicted octanol–water partition coefficient (Wildman–Crippen LogP) is 3.90. The molecule has 2 atom stereocenters. The minimum Gasteiger partial charge on any atom is -0.351 e. The standard InChI is InChI=1S/C20H26N4.HI/c1-16-15-24(13-11-19(16)17-8-4-3-5-9-17)20(21-2)23-14-18-10-6-7-12-22-18;/h3-10,12,16,19H,11,13-15H2,1-2H3,(H,21,23);1H. The van der Waals surface area contributed by atoms with Crippen LogP contribution in [0.15, 0.2) is 59.7 Å². The fraction of sp³-hybridized carbons (Fsp3) is 0.400. The van der Waals surface area contributed by atoms with Gasteiger partial charge in [0.1, 0.15) is 0 Å². The number of pyridine rings is 1. The highest BCUT2D eigenvalue weighted by molar-refractivity contribution is 14.0. The van der Waals surface area contributed by atoms with Crippen molar-refractivity contribution in [2.75, 3.05) is 20.1 Å². The molecule has 134 valence electrons. The topological polar surface area (TPSA) is 40.5 Å². The number of benzene rings is 1. The summed E-state index contributed by atoms with van der Waals surface area (Å²) in [6.45, 7) is 5.11. The average molecular weight is 450 g/mol. The van der Waals surface area contributed by atoms with E-state index in [1.807, 2.05) is 31.4 Å². The molecule has 1 fully saturated rings. The summed E-state index contributed by atoms with van der Waals surface area (Å²) in [6, 6.07) is 16.9. The normalized spacial score (nSPS) is 20.7. The highest BCUT2D eigenvalue weighted by Gasteiger charge is 2.28. The van der Waals surface area contributed by atoms with Gasteiger partial charge in [0.15, 0.2) is 5.96 Å². The first-order chi connectivity index (χ1) is 11.8. The van der Waals surface area contributed by atoms with Gasteiger partial charge in [0.05, 0.1) is 12.2 Å². The molecule has 0 aliphatic carbocycles. The van der Waals surface area contributed by atoms with E-state index in [2.05, 4.69) is 57.4 Å². The number of likely N-dealkylation sites (tertiary alicyclic amines) is 1. The number of hydrogen-bond donors (Lipinski definition) is 1. The molecule has 0 amide bonds. The van der Waals surface area contributed by atoms with Gasteiger partial charge >= 0.3 is 0 Å². The first-order valence-corrected chi connectivity index (χ1v) is 8.68. The number of guanidine groups is 1. The Hall–Kier alpha value is -1.63. The Kier molecular flexibility index (Phi) is 7.68. The zero-order valence-corrected chi connectivity index (χ0v) is 17.3. The van der Waals surface area contributed by atoms with E-state index >= 15 is 0 Å². The molecule has 1 aromatic carbocycles. The van der Waals surface area contributed by atoms with E-state index in [-0.39, 0.29) is 24.0 Å². The molecule has 0 saturated carbocycles. The van der Waals surface area contributed by atoms with E-state index in [1.54, 1.807) is 0 Å². The maximum atomic E-state index is 4.46. The van der Waals surface area contributed by atoms with Crippen LogP contribution < -0.4 is 5.32 Å². The molecule has 0 spiro atoms. The van der Waals surface area contributed by atoms with Crippen LogP contribution in [-0.4, -0.2) is 36.0 Å². The SMILES string of the molecule is CN=C(NCc1ccccn1)N1CCC(c2ccccc2)C(C)C1.I. The number of piperidine rings is 1. The van der Waals surface area contributed by atoms with Gasteiger partial charge in [-0.15, -0.1) is 24.0 Å². The predicted molar refractivity (Wildman–Crippen MR) is 114 cm³/mol. The van der Waals surface area contributed by atoms with Crippen LogP contribution in [-0.2, 0) is 6.54 Å². The number of aliphatic imine (C=N–C) groups is 1. The van der Waals surface area contributed by atoms with Crippen molar-refractivity contribution in [2.24, 2.45) is 10.9 Å². The van der Waals surface area contributed by atoms with E-state index in [0.717, 1.165) is 31.2 Å². The third kappa shape index (κ3) is 5.17. The number of halogens is 1. The lowest BCUT2D eigenvalue weighted by Gasteiger charge is -2.38. The minimum atomic E-state index is 0. The van der Waals surface area contributed by atoms with Crippen molar-refractivity contribution in [2.45, 2.75) is 25.8 Å².